The van der Waals surface area contributed by atoms with Crippen molar-refractivity contribution in [3.63, 3.8) is 0 Å². The molecule has 0 spiro atoms. The van der Waals surface area contributed by atoms with Gasteiger partial charge in [-0.15, -0.1) is 0 Å². The van der Waals surface area contributed by atoms with E-state index in [1.165, 1.54) is 6.07 Å². The van der Waals surface area contributed by atoms with Crippen LogP contribution in [0.1, 0.15) is 10.4 Å². The summed E-state index contributed by atoms with van der Waals surface area (Å²) in [5.74, 6) is -0.784. The summed E-state index contributed by atoms with van der Waals surface area (Å²) in [4.78, 5) is 11.9. The highest BCUT2D eigenvalue weighted by Gasteiger charge is 2.09. The van der Waals surface area contributed by atoms with Crippen LogP contribution in [0.4, 0.5) is 10.1 Å². The third kappa shape index (κ3) is 4.72. The first-order valence-electron chi connectivity index (χ1n) is 5.78. The quantitative estimate of drug-likeness (QED) is 0.499. The largest absolute Gasteiger partial charge is 0.330 e. The zero-order valence-corrected chi connectivity index (χ0v) is 15.1. The molecule has 0 bridgehead atoms. The molecular weight excluding hydrogens is 470 g/mol. The molecule has 0 unspecified atom stereocenters. The SMILES string of the molecule is O=C(NC(=S)Nc1ccc(I)cc1F)c1ccc(Br)cc1. The Morgan fingerprint density at radius 3 is 2.48 bits per heavy atom. The minimum absolute atomic E-state index is 0.0445. The zero-order valence-electron chi connectivity index (χ0n) is 10.5. The van der Waals surface area contributed by atoms with Crippen molar-refractivity contribution in [2.24, 2.45) is 0 Å². The van der Waals surface area contributed by atoms with Gasteiger partial charge in [0.15, 0.2) is 5.11 Å². The second-order valence-corrected chi connectivity index (χ2v) is 6.61. The molecule has 0 saturated heterocycles. The summed E-state index contributed by atoms with van der Waals surface area (Å²) in [5, 5.41) is 5.21. The minimum atomic E-state index is -0.429. The van der Waals surface area contributed by atoms with Crippen LogP contribution in [0.25, 0.3) is 0 Å². The van der Waals surface area contributed by atoms with Crippen molar-refractivity contribution in [2.45, 2.75) is 0 Å². The molecule has 3 nitrogen and oxygen atoms in total. The topological polar surface area (TPSA) is 41.1 Å². The number of thiocarbonyl (C=S) groups is 1. The molecule has 0 aliphatic carbocycles. The lowest BCUT2D eigenvalue weighted by molar-refractivity contribution is 0.0977. The maximum Gasteiger partial charge on any atom is 0.257 e. The van der Waals surface area contributed by atoms with Gasteiger partial charge in [0.25, 0.3) is 5.91 Å². The molecule has 0 aliphatic rings. The van der Waals surface area contributed by atoms with Crippen LogP contribution < -0.4 is 10.6 Å². The molecule has 0 atom stereocenters. The molecule has 0 aromatic heterocycles. The van der Waals surface area contributed by atoms with Crippen LogP contribution in [0.2, 0.25) is 0 Å². The van der Waals surface area contributed by atoms with Crippen LogP contribution in [-0.2, 0) is 0 Å². The molecule has 7 heteroatoms. The fourth-order valence-electron chi connectivity index (χ4n) is 1.52. The van der Waals surface area contributed by atoms with E-state index in [1.54, 1.807) is 36.4 Å². The standard InChI is InChI=1S/C14H9BrFIN2OS/c15-9-3-1-8(2-4-9)13(20)19-14(21)18-12-6-5-10(17)7-11(12)16/h1-7H,(H2,18,19,20,21). The minimum Gasteiger partial charge on any atom is -0.330 e. The predicted molar refractivity (Wildman–Crippen MR) is 96.9 cm³/mol. The Kier molecular flexibility index (Phi) is 5.65. The molecule has 21 heavy (non-hydrogen) atoms. The molecule has 0 aliphatic heterocycles. The van der Waals surface area contributed by atoms with Crippen LogP contribution in [0.3, 0.4) is 0 Å². The molecule has 1 amide bonds. The van der Waals surface area contributed by atoms with Gasteiger partial charge in [-0.1, -0.05) is 15.9 Å². The Morgan fingerprint density at radius 2 is 1.86 bits per heavy atom. The number of hydrogen-bond donors (Lipinski definition) is 2. The van der Waals surface area contributed by atoms with Crippen LogP contribution in [0.5, 0.6) is 0 Å². The lowest BCUT2D eigenvalue weighted by Gasteiger charge is -2.10. The third-order valence-electron chi connectivity index (χ3n) is 2.51. The van der Waals surface area contributed by atoms with Crippen LogP contribution >= 0.6 is 50.7 Å². The zero-order chi connectivity index (χ0) is 15.4. The number of nitrogens with one attached hydrogen (secondary N) is 2. The van der Waals surface area contributed by atoms with E-state index < -0.39 is 5.82 Å². The van der Waals surface area contributed by atoms with E-state index in [0.29, 0.717) is 5.56 Å². The second-order valence-electron chi connectivity index (χ2n) is 4.04. The number of anilines is 1. The number of rotatable bonds is 2. The molecule has 108 valence electrons. The average Bonchev–Trinajstić information content (AvgIpc) is 2.42. The van der Waals surface area contributed by atoms with Crippen molar-refractivity contribution in [2.75, 3.05) is 5.32 Å². The Morgan fingerprint density at radius 1 is 1.19 bits per heavy atom. The summed E-state index contributed by atoms with van der Waals surface area (Å²) in [6.07, 6.45) is 0. The second kappa shape index (κ2) is 7.28. The molecular formula is C14H9BrFIN2OS. The summed E-state index contributed by atoms with van der Waals surface area (Å²) < 4.78 is 15.3. The van der Waals surface area contributed by atoms with Gasteiger partial charge in [0.2, 0.25) is 0 Å². The van der Waals surface area contributed by atoms with Crippen LogP contribution in [-0.4, -0.2) is 11.0 Å². The van der Waals surface area contributed by atoms with E-state index in [2.05, 4.69) is 26.6 Å². The van der Waals surface area contributed by atoms with Gasteiger partial charge < -0.3 is 5.32 Å². The number of carbonyl (C=O) groups is 1. The highest BCUT2D eigenvalue weighted by atomic mass is 127. The number of hydrogen-bond acceptors (Lipinski definition) is 2. The number of benzene rings is 2. The lowest BCUT2D eigenvalue weighted by atomic mass is 10.2. The number of amides is 1. The Hall–Kier alpha value is -1.06. The molecule has 2 N–H and O–H groups in total. The Balaban J connectivity index is 2.01. The van der Waals surface area contributed by atoms with Gasteiger partial charge in [-0.05, 0) is 77.3 Å². The van der Waals surface area contributed by atoms with Crippen molar-refractivity contribution >= 4 is 67.4 Å². The van der Waals surface area contributed by atoms with Gasteiger partial charge in [0.05, 0.1) is 5.69 Å². The van der Waals surface area contributed by atoms with Crippen molar-refractivity contribution in [1.82, 2.24) is 5.32 Å². The van der Waals surface area contributed by atoms with Gasteiger partial charge in [0, 0.05) is 13.6 Å². The smallest absolute Gasteiger partial charge is 0.257 e. The Bertz CT molecular complexity index is 694. The summed E-state index contributed by atoms with van der Waals surface area (Å²) in [6.45, 7) is 0. The molecule has 0 heterocycles. The van der Waals surface area contributed by atoms with Crippen LogP contribution in [0.15, 0.2) is 46.9 Å². The van der Waals surface area contributed by atoms with Gasteiger partial charge in [-0.3, -0.25) is 10.1 Å². The molecule has 2 rings (SSSR count). The van der Waals surface area contributed by atoms with Gasteiger partial charge in [-0.25, -0.2) is 4.39 Å². The van der Waals surface area contributed by atoms with Crippen molar-refractivity contribution in [1.29, 1.82) is 0 Å². The summed E-state index contributed by atoms with van der Waals surface area (Å²) in [5.41, 5.74) is 0.682. The maximum atomic E-state index is 13.7. The lowest BCUT2D eigenvalue weighted by Crippen LogP contribution is -2.34. The highest BCUT2D eigenvalue weighted by molar-refractivity contribution is 14.1. The van der Waals surface area contributed by atoms with Gasteiger partial charge in [-0.2, -0.15) is 0 Å². The molecule has 0 radical (unpaired) electrons. The monoisotopic (exact) mass is 478 g/mol. The van der Waals surface area contributed by atoms with E-state index >= 15 is 0 Å². The maximum absolute atomic E-state index is 13.7. The van der Waals surface area contributed by atoms with E-state index in [9.17, 15) is 9.18 Å². The summed E-state index contributed by atoms with van der Waals surface area (Å²) >= 11 is 10.3. The molecule has 2 aromatic carbocycles. The van der Waals surface area contributed by atoms with E-state index in [1.807, 2.05) is 22.6 Å². The van der Waals surface area contributed by atoms with E-state index in [0.717, 1.165) is 8.04 Å². The van der Waals surface area contributed by atoms with Crippen molar-refractivity contribution < 1.29 is 9.18 Å². The highest BCUT2D eigenvalue weighted by Crippen LogP contribution is 2.17. The first kappa shape index (κ1) is 16.3. The van der Waals surface area contributed by atoms with Crippen molar-refractivity contribution in [3.05, 3.63) is 61.9 Å². The molecule has 0 fully saturated rings. The van der Waals surface area contributed by atoms with E-state index in [4.69, 9.17) is 12.2 Å². The Labute approximate surface area is 148 Å². The van der Waals surface area contributed by atoms with E-state index in [-0.39, 0.29) is 16.7 Å². The predicted octanol–water partition coefficient (Wildman–Crippen LogP) is 4.32. The summed E-state index contributed by atoms with van der Waals surface area (Å²) in [7, 11) is 0. The third-order valence-corrected chi connectivity index (χ3v) is 3.92. The first-order valence-corrected chi connectivity index (χ1v) is 8.06. The van der Waals surface area contributed by atoms with Gasteiger partial charge in [0.1, 0.15) is 5.82 Å². The molecule has 0 saturated carbocycles. The fraction of sp³-hybridized carbons (Fsp3) is 0. The normalized spacial score (nSPS) is 10.0. The fourth-order valence-corrected chi connectivity index (χ4v) is 2.44. The average molecular weight is 479 g/mol. The first-order chi connectivity index (χ1) is 9.95. The number of carbonyl (C=O) groups excluding carboxylic acids is 1. The number of halogens is 3. The van der Waals surface area contributed by atoms with Crippen molar-refractivity contribution in [3.8, 4) is 0 Å². The summed E-state index contributed by atoms with van der Waals surface area (Å²) in [6, 6.07) is 11.5. The van der Waals surface area contributed by atoms with Gasteiger partial charge >= 0.3 is 0 Å². The van der Waals surface area contributed by atoms with Crippen LogP contribution in [0, 0.1) is 9.39 Å². The molecule has 2 aromatic rings.